The van der Waals surface area contributed by atoms with Gasteiger partial charge in [0.15, 0.2) is 11.2 Å². The van der Waals surface area contributed by atoms with Crippen LogP contribution in [0.1, 0.15) is 0 Å². The minimum atomic E-state index is -1.50. The van der Waals surface area contributed by atoms with Crippen molar-refractivity contribution in [3.63, 3.8) is 0 Å². The summed E-state index contributed by atoms with van der Waals surface area (Å²) in [6, 6.07) is 0. The van der Waals surface area contributed by atoms with Crippen molar-refractivity contribution in [2.75, 3.05) is 23.2 Å². The molecule has 0 saturated carbocycles. The Kier molecular flexibility index (Phi) is 3.08. The predicted molar refractivity (Wildman–Crippen MR) is 59.7 cm³/mol. The van der Waals surface area contributed by atoms with E-state index >= 15 is 0 Å². The summed E-state index contributed by atoms with van der Waals surface area (Å²) in [5, 5.41) is 13.6. The zero-order valence-corrected chi connectivity index (χ0v) is 8.72. The number of anilines is 2. The highest BCUT2D eigenvalue weighted by Gasteiger charge is 2.14. The van der Waals surface area contributed by atoms with Crippen LogP contribution in [0.2, 0.25) is 0 Å². The fourth-order valence-corrected chi connectivity index (χ4v) is 1.09. The van der Waals surface area contributed by atoms with Gasteiger partial charge in [-0.25, -0.2) is 4.68 Å². The van der Waals surface area contributed by atoms with E-state index in [9.17, 15) is 4.79 Å². The van der Waals surface area contributed by atoms with E-state index in [4.69, 9.17) is 38.5 Å². The summed E-state index contributed by atoms with van der Waals surface area (Å²) in [4.78, 5) is 27.3. The van der Waals surface area contributed by atoms with Gasteiger partial charge in [0.1, 0.15) is 0 Å². The first-order valence-corrected chi connectivity index (χ1v) is 4.15. The van der Waals surface area contributed by atoms with Crippen LogP contribution in [-0.2, 0) is 0 Å². The topological polar surface area (TPSA) is 220 Å². The van der Waals surface area contributed by atoms with Gasteiger partial charge in [-0.05, 0) is 0 Å². The Morgan fingerprint density at radius 3 is 2.00 bits per heavy atom. The second-order valence-electron chi connectivity index (χ2n) is 2.90. The molecular formula is C5H9N9O4. The van der Waals surface area contributed by atoms with Crippen LogP contribution in [0.5, 0.6) is 0 Å². The lowest BCUT2D eigenvalue weighted by Crippen LogP contribution is -2.32. The summed E-state index contributed by atoms with van der Waals surface area (Å²) in [5.74, 6) is 10.6. The Morgan fingerprint density at radius 2 is 1.56 bits per heavy atom. The molecule has 9 N–H and O–H groups in total. The quantitative estimate of drug-likeness (QED) is 0.181. The fourth-order valence-electron chi connectivity index (χ4n) is 1.09. The van der Waals surface area contributed by atoms with Crippen molar-refractivity contribution in [2.24, 2.45) is 0 Å². The molecule has 0 aromatic carbocycles. The lowest BCUT2D eigenvalue weighted by molar-refractivity contribution is -0.742. The molecular weight excluding hydrogens is 250 g/mol. The third kappa shape index (κ3) is 2.13. The highest BCUT2D eigenvalue weighted by molar-refractivity contribution is 5.74. The van der Waals surface area contributed by atoms with Gasteiger partial charge >= 0.3 is 5.56 Å². The summed E-state index contributed by atoms with van der Waals surface area (Å²) in [5.41, 5.74) is 10.2. The number of fused-ring (bicyclic) bond motifs is 1. The minimum absolute atomic E-state index is 0.0131. The molecule has 0 fully saturated rings. The summed E-state index contributed by atoms with van der Waals surface area (Å²) >= 11 is 0. The van der Waals surface area contributed by atoms with Gasteiger partial charge in [0.25, 0.3) is 5.09 Å². The molecule has 2 rings (SSSR count). The Hall–Kier alpha value is -3.25. The normalized spacial score (nSPS) is 9.78. The highest BCUT2D eigenvalue weighted by Crippen LogP contribution is 2.08. The second-order valence-corrected chi connectivity index (χ2v) is 2.90. The van der Waals surface area contributed by atoms with E-state index in [2.05, 4.69) is 9.97 Å². The number of aromatic nitrogens is 4. The van der Waals surface area contributed by atoms with Crippen molar-refractivity contribution in [1.29, 1.82) is 0 Å². The van der Waals surface area contributed by atoms with Gasteiger partial charge in [0, 0.05) is 0 Å². The summed E-state index contributed by atoms with van der Waals surface area (Å²) < 4.78 is 1.58. The smallest absolute Gasteiger partial charge is 0.301 e. The van der Waals surface area contributed by atoms with E-state index in [1.165, 1.54) is 0 Å². The van der Waals surface area contributed by atoms with Crippen molar-refractivity contribution in [1.82, 2.24) is 19.3 Å². The molecule has 0 spiro atoms. The van der Waals surface area contributed by atoms with Gasteiger partial charge in [-0.1, -0.05) is 0 Å². The molecule has 18 heavy (non-hydrogen) atoms. The fraction of sp³-hybridized carbons (Fsp3) is 0. The van der Waals surface area contributed by atoms with E-state index in [0.717, 1.165) is 4.68 Å². The Bertz CT molecular complexity index is 653. The molecule has 0 amide bonds. The first-order chi connectivity index (χ1) is 8.25. The molecule has 2 aromatic heterocycles. The van der Waals surface area contributed by atoms with Crippen LogP contribution >= 0.6 is 0 Å². The largest absolute Gasteiger partial charge is 0.368 e. The van der Waals surface area contributed by atoms with Crippen molar-refractivity contribution >= 4 is 23.1 Å². The highest BCUT2D eigenvalue weighted by atomic mass is 16.9. The van der Waals surface area contributed by atoms with Crippen LogP contribution in [0.25, 0.3) is 11.2 Å². The third-order valence-electron chi connectivity index (χ3n) is 1.81. The molecule has 98 valence electrons. The van der Waals surface area contributed by atoms with Crippen LogP contribution in [0.4, 0.5) is 11.9 Å². The molecule has 0 aliphatic carbocycles. The predicted octanol–water partition coefficient (Wildman–Crippen LogP) is -3.16. The van der Waals surface area contributed by atoms with Crippen molar-refractivity contribution in [2.45, 2.75) is 0 Å². The molecule has 0 bridgehead atoms. The average Bonchev–Trinajstić information content (AvgIpc) is 2.51. The van der Waals surface area contributed by atoms with Crippen LogP contribution in [0.15, 0.2) is 4.79 Å². The number of nitrogens with zero attached hydrogens (tertiary/aromatic N) is 5. The van der Waals surface area contributed by atoms with Crippen molar-refractivity contribution < 1.29 is 10.3 Å². The molecule has 0 aliphatic rings. The van der Waals surface area contributed by atoms with Gasteiger partial charge in [0.05, 0.1) is 0 Å². The first-order valence-electron chi connectivity index (χ1n) is 4.15. The second kappa shape index (κ2) is 4.32. The molecule has 0 atom stereocenters. The Balaban J connectivity index is 0.000000357. The number of hydrogen-bond donors (Lipinski definition) is 5. The maximum Gasteiger partial charge on any atom is 0.301 e. The summed E-state index contributed by atoms with van der Waals surface area (Å²) in [7, 11) is 0. The first kappa shape index (κ1) is 12.8. The van der Waals surface area contributed by atoms with E-state index < -0.39 is 10.6 Å². The van der Waals surface area contributed by atoms with Crippen LogP contribution in [0, 0.1) is 10.1 Å². The van der Waals surface area contributed by atoms with E-state index in [1.807, 2.05) is 0 Å². The van der Waals surface area contributed by atoms with Crippen molar-refractivity contribution in [3.05, 3.63) is 20.5 Å². The monoisotopic (exact) mass is 259 g/mol. The average molecular weight is 259 g/mol. The third-order valence-corrected chi connectivity index (χ3v) is 1.81. The molecule has 0 aliphatic heterocycles. The van der Waals surface area contributed by atoms with Crippen molar-refractivity contribution in [3.8, 4) is 0 Å². The van der Waals surface area contributed by atoms with Gasteiger partial charge in [-0.3, -0.25) is 4.79 Å². The van der Waals surface area contributed by atoms with Gasteiger partial charge in [-0.2, -0.15) is 14.6 Å². The number of nitrogens with two attached hydrogens (primary N) is 4. The molecule has 2 heterocycles. The van der Waals surface area contributed by atoms with Crippen LogP contribution in [0.3, 0.4) is 0 Å². The van der Waals surface area contributed by atoms with Gasteiger partial charge in [0.2, 0.25) is 11.9 Å². The number of hydrogen-bond acceptors (Lipinski definition) is 9. The Labute approximate surface area is 97.3 Å². The lowest BCUT2D eigenvalue weighted by atomic mass is 10.5. The number of imidazole rings is 1. The molecule has 0 unspecified atom stereocenters. The number of nitrogen functional groups attached to an aromatic ring is 4. The SMILES string of the molecule is Nc1nc2nc(N)n(N)c2c(=O)n1N.O=[N+]([O-])O. The standard InChI is InChI=1S/C5H8N8O.HNO3/c6-4-10-2-1(12(4)8)3(14)13(9)5(7)11-2;2-1(3)4/h8-9H2,(H2,6,10)(H2,7,11);(H,2,3,4). The minimum Gasteiger partial charge on any atom is -0.368 e. The summed E-state index contributed by atoms with van der Waals surface area (Å²) in [6.45, 7) is 0. The maximum absolute atomic E-state index is 11.5. The Morgan fingerprint density at radius 1 is 1.17 bits per heavy atom. The lowest BCUT2D eigenvalue weighted by Gasteiger charge is -2.01. The zero-order chi connectivity index (χ0) is 14.0. The van der Waals surface area contributed by atoms with E-state index in [-0.39, 0.29) is 23.1 Å². The van der Waals surface area contributed by atoms with E-state index in [1.54, 1.807) is 0 Å². The molecule has 0 radical (unpaired) electrons. The van der Waals surface area contributed by atoms with Gasteiger partial charge < -0.3 is 28.4 Å². The molecule has 13 heteroatoms. The van der Waals surface area contributed by atoms with Gasteiger partial charge in [-0.15, -0.1) is 10.1 Å². The molecule has 13 nitrogen and oxygen atoms in total. The van der Waals surface area contributed by atoms with E-state index in [0.29, 0.717) is 4.68 Å². The summed E-state index contributed by atoms with van der Waals surface area (Å²) in [6.07, 6.45) is 0. The molecule has 0 saturated heterocycles. The maximum atomic E-state index is 11.5. The van der Waals surface area contributed by atoms with Crippen LogP contribution in [-0.4, -0.2) is 29.6 Å². The zero-order valence-electron chi connectivity index (χ0n) is 8.72. The number of rotatable bonds is 0. The molecule has 2 aromatic rings. The van der Waals surface area contributed by atoms with Crippen LogP contribution < -0.4 is 28.7 Å².